The summed E-state index contributed by atoms with van der Waals surface area (Å²) < 4.78 is 41.4. The van der Waals surface area contributed by atoms with Crippen LogP contribution >= 0.6 is 11.6 Å². The standard InChI is InChI=1S/C14H17ClN6O7S/c1-4-28-10(22)5-7-11(15)19-20-12(7)29(24,25)21-14(23)18-13-16-8(26-2)6-9(17-13)27-3/h6H,4-5H2,1-3H3,(H,19,20)(H2,16,17,18,21,23). The Balaban J connectivity index is 2.20. The van der Waals surface area contributed by atoms with Gasteiger partial charge in [0.15, 0.2) is 10.2 Å². The highest BCUT2D eigenvalue weighted by Crippen LogP contribution is 2.22. The summed E-state index contributed by atoms with van der Waals surface area (Å²) in [5.74, 6) is -0.837. The van der Waals surface area contributed by atoms with E-state index < -0.39 is 33.5 Å². The van der Waals surface area contributed by atoms with Gasteiger partial charge in [0, 0.05) is 5.56 Å². The number of nitrogens with one attached hydrogen (secondary N) is 3. The zero-order valence-corrected chi connectivity index (χ0v) is 17.0. The maximum atomic E-state index is 12.5. The first kappa shape index (κ1) is 22.2. The van der Waals surface area contributed by atoms with Crippen LogP contribution in [0.25, 0.3) is 0 Å². The maximum absolute atomic E-state index is 12.5. The molecule has 0 aliphatic carbocycles. The van der Waals surface area contributed by atoms with Crippen molar-refractivity contribution in [3.63, 3.8) is 0 Å². The van der Waals surface area contributed by atoms with E-state index in [0.29, 0.717) is 0 Å². The largest absolute Gasteiger partial charge is 0.481 e. The minimum atomic E-state index is -4.47. The first-order valence-corrected chi connectivity index (χ1v) is 9.75. The van der Waals surface area contributed by atoms with Crippen molar-refractivity contribution in [3.8, 4) is 11.8 Å². The SMILES string of the molecule is CCOC(=O)Cc1c(Cl)n[nH]c1S(=O)(=O)NC(=O)Nc1nc(OC)cc(OC)n1. The fraction of sp³-hybridized carbons (Fsp3) is 0.357. The second-order valence-corrected chi connectivity index (χ2v) is 7.12. The zero-order chi connectivity index (χ0) is 21.6. The lowest BCUT2D eigenvalue weighted by Gasteiger charge is -2.09. The lowest BCUT2D eigenvalue weighted by molar-refractivity contribution is -0.142. The molecule has 2 aromatic rings. The van der Waals surface area contributed by atoms with Crippen molar-refractivity contribution >= 4 is 39.6 Å². The number of aromatic nitrogens is 4. The van der Waals surface area contributed by atoms with Crippen LogP contribution in [0.15, 0.2) is 11.1 Å². The number of esters is 1. The maximum Gasteiger partial charge on any atom is 0.335 e. The number of H-pyrrole nitrogens is 1. The number of nitrogens with zero attached hydrogens (tertiary/aromatic N) is 3. The Hall–Kier alpha value is -3.13. The van der Waals surface area contributed by atoms with Crippen LogP contribution in [0.3, 0.4) is 0 Å². The van der Waals surface area contributed by atoms with Gasteiger partial charge >= 0.3 is 12.0 Å². The predicted octanol–water partition coefficient (Wildman–Crippen LogP) is 0.486. The minimum absolute atomic E-state index is 0.0760. The molecule has 0 saturated carbocycles. The van der Waals surface area contributed by atoms with Gasteiger partial charge in [-0.1, -0.05) is 11.6 Å². The van der Waals surface area contributed by atoms with Crippen LogP contribution in [0, 0.1) is 0 Å². The third-order valence-corrected chi connectivity index (χ3v) is 4.87. The number of hydrogen-bond donors (Lipinski definition) is 3. The first-order valence-electron chi connectivity index (χ1n) is 7.89. The van der Waals surface area contributed by atoms with E-state index in [1.807, 2.05) is 0 Å². The van der Waals surface area contributed by atoms with Crippen molar-refractivity contribution in [3.05, 3.63) is 16.8 Å². The van der Waals surface area contributed by atoms with E-state index in [9.17, 15) is 18.0 Å². The Morgan fingerprint density at radius 3 is 2.38 bits per heavy atom. The van der Waals surface area contributed by atoms with Gasteiger partial charge in [-0.3, -0.25) is 15.2 Å². The Bertz CT molecular complexity index is 988. The van der Waals surface area contributed by atoms with Crippen molar-refractivity contribution in [2.75, 3.05) is 26.1 Å². The van der Waals surface area contributed by atoms with Gasteiger partial charge in [0.2, 0.25) is 17.7 Å². The van der Waals surface area contributed by atoms with Gasteiger partial charge in [-0.2, -0.15) is 23.5 Å². The van der Waals surface area contributed by atoms with Crippen molar-refractivity contribution in [1.82, 2.24) is 24.9 Å². The molecule has 0 saturated heterocycles. The number of halogens is 1. The molecule has 29 heavy (non-hydrogen) atoms. The second-order valence-electron chi connectivity index (χ2n) is 5.14. The van der Waals surface area contributed by atoms with E-state index in [1.54, 1.807) is 11.6 Å². The lowest BCUT2D eigenvalue weighted by Crippen LogP contribution is -2.35. The number of carbonyl (C=O) groups excluding carboxylic acids is 2. The molecule has 2 heterocycles. The van der Waals surface area contributed by atoms with Crippen LogP contribution in [0.1, 0.15) is 12.5 Å². The smallest absolute Gasteiger partial charge is 0.335 e. The van der Waals surface area contributed by atoms with Crippen LogP contribution < -0.4 is 19.5 Å². The first-order chi connectivity index (χ1) is 13.7. The fourth-order valence-electron chi connectivity index (χ4n) is 2.03. The molecule has 2 rings (SSSR count). The number of ether oxygens (including phenoxy) is 3. The number of methoxy groups -OCH3 is 2. The molecule has 0 aliphatic rings. The third kappa shape index (κ3) is 5.68. The average molecular weight is 449 g/mol. The van der Waals surface area contributed by atoms with E-state index in [4.69, 9.17) is 25.8 Å². The molecule has 0 unspecified atom stereocenters. The summed E-state index contributed by atoms with van der Waals surface area (Å²) >= 11 is 5.84. The van der Waals surface area contributed by atoms with Gasteiger partial charge in [0.25, 0.3) is 10.0 Å². The summed E-state index contributed by atoms with van der Waals surface area (Å²) in [6.45, 7) is 1.69. The third-order valence-electron chi connectivity index (χ3n) is 3.22. The van der Waals surface area contributed by atoms with Crippen molar-refractivity contribution in [1.29, 1.82) is 0 Å². The van der Waals surface area contributed by atoms with E-state index in [2.05, 4.69) is 25.5 Å². The van der Waals surface area contributed by atoms with Crippen LogP contribution in [0.5, 0.6) is 11.8 Å². The Morgan fingerprint density at radius 1 is 1.21 bits per heavy atom. The van der Waals surface area contributed by atoms with Crippen LogP contribution in [0.4, 0.5) is 10.7 Å². The summed E-state index contributed by atoms with van der Waals surface area (Å²) in [7, 11) is -1.80. The quantitative estimate of drug-likeness (QED) is 0.481. The van der Waals surface area contributed by atoms with Gasteiger partial charge in [-0.05, 0) is 6.92 Å². The molecule has 158 valence electrons. The normalized spacial score (nSPS) is 10.9. The van der Waals surface area contributed by atoms with E-state index >= 15 is 0 Å². The molecular formula is C14H17ClN6O7S. The van der Waals surface area contributed by atoms with Gasteiger partial charge in [0.05, 0.1) is 33.3 Å². The van der Waals surface area contributed by atoms with Gasteiger partial charge in [0.1, 0.15) is 0 Å². The lowest BCUT2D eigenvalue weighted by atomic mass is 10.2. The number of hydrogen-bond acceptors (Lipinski definition) is 10. The number of aromatic amines is 1. The summed E-state index contributed by atoms with van der Waals surface area (Å²) in [5, 5.41) is 7.06. The molecule has 0 radical (unpaired) electrons. The molecule has 13 nitrogen and oxygen atoms in total. The molecule has 15 heteroatoms. The predicted molar refractivity (Wildman–Crippen MR) is 98.4 cm³/mol. The van der Waals surface area contributed by atoms with Crippen LogP contribution in [-0.2, 0) is 26.0 Å². The summed E-state index contributed by atoms with van der Waals surface area (Å²) in [5.41, 5.74) is -0.148. The van der Waals surface area contributed by atoms with E-state index in [-0.39, 0.29) is 35.0 Å². The van der Waals surface area contributed by atoms with Crippen LogP contribution in [-0.4, -0.2) is 61.4 Å². The Kier molecular flexibility index (Phi) is 7.17. The number of rotatable bonds is 8. The minimum Gasteiger partial charge on any atom is -0.481 e. The van der Waals surface area contributed by atoms with Crippen molar-refractivity contribution < 1.29 is 32.2 Å². The molecule has 0 aliphatic heterocycles. The highest BCUT2D eigenvalue weighted by Gasteiger charge is 2.28. The number of anilines is 1. The molecule has 0 bridgehead atoms. The van der Waals surface area contributed by atoms with Gasteiger partial charge < -0.3 is 14.2 Å². The fourth-order valence-corrected chi connectivity index (χ4v) is 3.35. The Morgan fingerprint density at radius 2 is 1.83 bits per heavy atom. The van der Waals surface area contributed by atoms with Crippen molar-refractivity contribution in [2.24, 2.45) is 0 Å². The molecule has 3 N–H and O–H groups in total. The number of sulfonamides is 1. The monoisotopic (exact) mass is 448 g/mol. The van der Waals surface area contributed by atoms with Gasteiger partial charge in [-0.25, -0.2) is 9.52 Å². The molecule has 0 atom stereocenters. The molecule has 0 aromatic carbocycles. The van der Waals surface area contributed by atoms with Crippen LogP contribution in [0.2, 0.25) is 5.15 Å². The van der Waals surface area contributed by atoms with E-state index in [0.717, 1.165) is 0 Å². The highest BCUT2D eigenvalue weighted by molar-refractivity contribution is 7.90. The topological polar surface area (TPSA) is 174 Å². The molecule has 0 spiro atoms. The Labute approximate surface area is 170 Å². The average Bonchev–Trinajstić information content (AvgIpc) is 3.02. The zero-order valence-electron chi connectivity index (χ0n) is 15.5. The number of urea groups is 1. The summed E-state index contributed by atoms with van der Waals surface area (Å²) in [6.07, 6.45) is -0.461. The van der Waals surface area contributed by atoms with Gasteiger partial charge in [-0.15, -0.1) is 0 Å². The van der Waals surface area contributed by atoms with Crippen molar-refractivity contribution in [2.45, 2.75) is 18.4 Å². The summed E-state index contributed by atoms with van der Waals surface area (Å²) in [4.78, 5) is 31.5. The second kappa shape index (κ2) is 9.38. The summed E-state index contributed by atoms with van der Waals surface area (Å²) in [6, 6.07) is 0.168. The molecule has 2 amide bonds. The highest BCUT2D eigenvalue weighted by atomic mass is 35.5. The number of carbonyl (C=O) groups is 2. The van der Waals surface area contributed by atoms with E-state index in [1.165, 1.54) is 20.3 Å². The molecule has 2 aromatic heterocycles. The molecular weight excluding hydrogens is 432 g/mol. The number of amides is 2. The molecule has 0 fully saturated rings.